The molecule has 2 rings (SSSR count). The number of rotatable bonds is 6. The second-order valence-corrected chi connectivity index (χ2v) is 6.48. The molecule has 0 radical (unpaired) electrons. The summed E-state index contributed by atoms with van der Waals surface area (Å²) in [4.78, 5) is 22.1. The molecule has 0 spiro atoms. The van der Waals surface area contributed by atoms with Crippen molar-refractivity contribution in [3.63, 3.8) is 0 Å². The first-order valence-electron chi connectivity index (χ1n) is 8.48. The molecule has 1 aliphatic carbocycles. The Morgan fingerprint density at radius 3 is 2.85 bits per heavy atom. The molecule has 0 saturated carbocycles. The summed E-state index contributed by atoms with van der Waals surface area (Å²) < 4.78 is 1.58. The zero-order chi connectivity index (χ0) is 19.8. The molecule has 27 heavy (non-hydrogen) atoms. The summed E-state index contributed by atoms with van der Waals surface area (Å²) in [6.45, 7) is 5.52. The number of thioether (sulfide) groups is 1. The molecule has 1 aromatic rings. The summed E-state index contributed by atoms with van der Waals surface area (Å²) in [5.41, 5.74) is 7.67. The summed E-state index contributed by atoms with van der Waals surface area (Å²) in [5, 5.41) is 0.561. The van der Waals surface area contributed by atoms with Crippen LogP contribution in [-0.4, -0.2) is 28.7 Å². The molecule has 5 nitrogen and oxygen atoms in total. The predicted octanol–water partition coefficient (Wildman–Crippen LogP) is 3.80. The Labute approximate surface area is 164 Å². The lowest BCUT2D eigenvalue weighted by Crippen LogP contribution is -2.33. The molecule has 0 fully saturated rings. The Morgan fingerprint density at radius 2 is 2.19 bits per heavy atom. The number of amidine groups is 1. The van der Waals surface area contributed by atoms with Crippen LogP contribution < -0.4 is 11.3 Å². The van der Waals surface area contributed by atoms with Crippen LogP contribution in [0.1, 0.15) is 24.7 Å². The highest BCUT2D eigenvalue weighted by atomic mass is 32.2. The molecule has 1 aromatic heterocycles. The highest BCUT2D eigenvalue weighted by molar-refractivity contribution is 7.98. The molecule has 0 saturated heterocycles. The van der Waals surface area contributed by atoms with Crippen LogP contribution in [0, 0.1) is 0 Å². The number of hydrogen-bond acceptors (Lipinski definition) is 4. The third-order valence-electron chi connectivity index (χ3n) is 3.92. The second-order valence-electron chi connectivity index (χ2n) is 5.69. The van der Waals surface area contributed by atoms with Gasteiger partial charge in [-0.15, -0.1) is 11.8 Å². The van der Waals surface area contributed by atoms with E-state index < -0.39 is 0 Å². The van der Waals surface area contributed by atoms with Crippen molar-refractivity contribution in [1.29, 1.82) is 0 Å². The zero-order valence-corrected chi connectivity index (χ0v) is 16.7. The van der Waals surface area contributed by atoms with Gasteiger partial charge < -0.3 is 5.73 Å². The number of nitrogens with zero attached hydrogens (tertiary/aromatic N) is 3. The van der Waals surface area contributed by atoms with E-state index in [0.29, 0.717) is 16.4 Å². The van der Waals surface area contributed by atoms with E-state index in [9.17, 15) is 4.79 Å². The topological polar surface area (TPSA) is 73.3 Å². The van der Waals surface area contributed by atoms with E-state index in [1.807, 2.05) is 55.7 Å². The maximum atomic E-state index is 13.4. The molecule has 0 atom stereocenters. The molecule has 1 heterocycles. The van der Waals surface area contributed by atoms with Gasteiger partial charge >= 0.3 is 0 Å². The average molecular weight is 381 g/mol. The zero-order valence-electron chi connectivity index (χ0n) is 15.8. The van der Waals surface area contributed by atoms with E-state index in [1.165, 1.54) is 11.8 Å². The van der Waals surface area contributed by atoms with E-state index in [4.69, 9.17) is 10.7 Å². The van der Waals surface area contributed by atoms with Crippen LogP contribution in [0.25, 0.3) is 11.3 Å². The summed E-state index contributed by atoms with van der Waals surface area (Å²) in [6.07, 6.45) is 19.8. The van der Waals surface area contributed by atoms with Crippen molar-refractivity contribution in [2.45, 2.75) is 18.4 Å². The quantitative estimate of drug-likeness (QED) is 0.268. The Balaban J connectivity index is 2.87. The Morgan fingerprint density at radius 1 is 1.41 bits per heavy atom. The van der Waals surface area contributed by atoms with Gasteiger partial charge in [0, 0.05) is 18.3 Å². The molecule has 140 valence electrons. The van der Waals surface area contributed by atoms with E-state index >= 15 is 0 Å². The van der Waals surface area contributed by atoms with Crippen LogP contribution in [0.15, 0.2) is 76.1 Å². The Hall–Kier alpha value is -2.86. The summed E-state index contributed by atoms with van der Waals surface area (Å²) >= 11 is 1.38. The number of nitrogens with two attached hydrogens (primary N) is 1. The van der Waals surface area contributed by atoms with Crippen molar-refractivity contribution < 1.29 is 0 Å². The third-order valence-corrected chi connectivity index (χ3v) is 4.60. The average Bonchev–Trinajstić information content (AvgIpc) is 2.96. The molecular weight excluding hydrogens is 356 g/mol. The minimum Gasteiger partial charge on any atom is -0.383 e. The largest absolute Gasteiger partial charge is 0.383 e. The van der Waals surface area contributed by atoms with Crippen molar-refractivity contribution in [2.75, 3.05) is 13.3 Å². The van der Waals surface area contributed by atoms with Crippen LogP contribution in [0.4, 0.5) is 0 Å². The maximum absolute atomic E-state index is 13.4. The van der Waals surface area contributed by atoms with Crippen molar-refractivity contribution in [1.82, 2.24) is 9.55 Å². The van der Waals surface area contributed by atoms with Gasteiger partial charge in [0.15, 0.2) is 0 Å². The fraction of sp³-hybridized carbons (Fsp3) is 0.190. The van der Waals surface area contributed by atoms with Crippen LogP contribution in [0.3, 0.4) is 0 Å². The molecule has 0 amide bonds. The summed E-state index contributed by atoms with van der Waals surface area (Å²) in [5.74, 6) is 0.748. The lowest BCUT2D eigenvalue weighted by Gasteiger charge is -2.17. The summed E-state index contributed by atoms with van der Waals surface area (Å²) in [6, 6.07) is 0. The van der Waals surface area contributed by atoms with Crippen molar-refractivity contribution in [3.8, 4) is 0 Å². The molecule has 0 aliphatic heterocycles. The van der Waals surface area contributed by atoms with Crippen LogP contribution >= 0.6 is 11.8 Å². The van der Waals surface area contributed by atoms with Gasteiger partial charge in [-0.2, -0.15) is 0 Å². The van der Waals surface area contributed by atoms with E-state index in [2.05, 4.69) is 11.6 Å². The summed E-state index contributed by atoms with van der Waals surface area (Å²) in [7, 11) is 1.56. The van der Waals surface area contributed by atoms with Crippen molar-refractivity contribution in [3.05, 3.63) is 83.0 Å². The van der Waals surface area contributed by atoms with Gasteiger partial charge in [0.25, 0.3) is 5.56 Å². The number of aliphatic imine (C=N–C) groups is 1. The monoisotopic (exact) mass is 380 g/mol. The first-order chi connectivity index (χ1) is 13.0. The molecule has 0 bridgehead atoms. The van der Waals surface area contributed by atoms with Gasteiger partial charge in [-0.05, 0) is 25.7 Å². The van der Waals surface area contributed by atoms with E-state index in [-0.39, 0.29) is 11.4 Å². The molecule has 0 unspecified atom stereocenters. The number of aromatic nitrogens is 2. The highest BCUT2D eigenvalue weighted by Gasteiger charge is 2.21. The highest BCUT2D eigenvalue weighted by Crippen LogP contribution is 2.23. The van der Waals surface area contributed by atoms with Gasteiger partial charge in [-0.3, -0.25) is 14.4 Å². The number of allylic oxidation sites excluding steroid dienone is 11. The molecule has 2 N–H and O–H groups in total. The second kappa shape index (κ2) is 9.73. The van der Waals surface area contributed by atoms with Crippen molar-refractivity contribution >= 4 is 28.9 Å². The SMILES string of the molecule is C=C/C=C\C=C(/C)n1c(C2=CC=CCC=C2)nc(SC)c(C(N)=NC)c1=O. The maximum Gasteiger partial charge on any atom is 0.270 e. The Bertz CT molecular complexity index is 959. The van der Waals surface area contributed by atoms with Crippen LogP contribution in [-0.2, 0) is 0 Å². The number of hydrogen-bond donors (Lipinski definition) is 1. The fourth-order valence-electron chi connectivity index (χ4n) is 2.58. The minimum absolute atomic E-state index is 0.178. The molecule has 6 heteroatoms. The molecular formula is C21H24N4OS. The van der Waals surface area contributed by atoms with Gasteiger partial charge in [0.05, 0.1) is 0 Å². The van der Waals surface area contributed by atoms with Gasteiger partial charge in [-0.25, -0.2) is 4.98 Å². The first-order valence-corrected chi connectivity index (χ1v) is 9.71. The first kappa shape index (κ1) is 20.5. The molecule has 1 aliphatic rings. The van der Waals surface area contributed by atoms with Gasteiger partial charge in [-0.1, -0.05) is 55.2 Å². The van der Waals surface area contributed by atoms with E-state index in [1.54, 1.807) is 23.8 Å². The minimum atomic E-state index is -0.240. The standard InChI is InChI=1S/C21H24N4OS/c1-5-6-9-12-15(2)25-19(16-13-10-7-8-11-14-16)24-20(27-4)17(21(25)26)18(22)23-3/h5-7,9-14H,1,8H2,2-4H3,(H2,22,23)/b9-6-,15-12+. The van der Waals surface area contributed by atoms with Crippen LogP contribution in [0.5, 0.6) is 0 Å². The predicted molar refractivity (Wildman–Crippen MR) is 117 cm³/mol. The fourth-order valence-corrected chi connectivity index (χ4v) is 3.15. The van der Waals surface area contributed by atoms with Gasteiger partial charge in [0.1, 0.15) is 22.2 Å². The van der Waals surface area contributed by atoms with Gasteiger partial charge in [0.2, 0.25) is 0 Å². The van der Waals surface area contributed by atoms with Crippen molar-refractivity contribution in [2.24, 2.45) is 10.7 Å². The van der Waals surface area contributed by atoms with Crippen LogP contribution in [0.2, 0.25) is 0 Å². The smallest absolute Gasteiger partial charge is 0.270 e. The lowest BCUT2D eigenvalue weighted by atomic mass is 10.2. The van der Waals surface area contributed by atoms with E-state index in [0.717, 1.165) is 17.7 Å². The normalized spacial score (nSPS) is 15.1. The molecule has 0 aromatic carbocycles. The lowest BCUT2D eigenvalue weighted by molar-refractivity contribution is 0.869. The Kier molecular flexibility index (Phi) is 7.37. The third kappa shape index (κ3) is 4.65.